The summed E-state index contributed by atoms with van der Waals surface area (Å²) < 4.78 is 1.60. The van der Waals surface area contributed by atoms with Crippen LogP contribution in [0.2, 0.25) is 0 Å². The molecule has 0 unspecified atom stereocenters. The van der Waals surface area contributed by atoms with Gasteiger partial charge in [-0.1, -0.05) is 23.9 Å². The zero-order chi connectivity index (χ0) is 12.5. The van der Waals surface area contributed by atoms with Gasteiger partial charge in [-0.05, 0) is 12.1 Å². The molecule has 0 aliphatic rings. The first-order valence-corrected chi connectivity index (χ1v) is 6.24. The average molecular weight is 259 g/mol. The van der Waals surface area contributed by atoms with E-state index in [0.717, 1.165) is 16.6 Å². The molecule has 0 saturated heterocycles. The van der Waals surface area contributed by atoms with E-state index in [9.17, 15) is 4.79 Å². The monoisotopic (exact) mass is 259 g/mol. The van der Waals surface area contributed by atoms with Crippen molar-refractivity contribution < 1.29 is 4.79 Å². The molecule has 18 heavy (non-hydrogen) atoms. The van der Waals surface area contributed by atoms with E-state index in [1.807, 2.05) is 24.3 Å². The molecular weight excluding hydrogens is 250 g/mol. The van der Waals surface area contributed by atoms with Crippen molar-refractivity contribution in [3.8, 4) is 0 Å². The van der Waals surface area contributed by atoms with E-state index in [1.165, 1.54) is 11.8 Å². The Bertz CT molecular complexity index is 738. The molecule has 7 heteroatoms. The van der Waals surface area contributed by atoms with Gasteiger partial charge >= 0.3 is 0 Å². The van der Waals surface area contributed by atoms with Gasteiger partial charge in [-0.3, -0.25) is 4.79 Å². The lowest BCUT2D eigenvalue weighted by atomic mass is 10.2. The highest BCUT2D eigenvalue weighted by molar-refractivity contribution is 7.99. The molecule has 1 aromatic carbocycles. The van der Waals surface area contributed by atoms with Crippen molar-refractivity contribution >= 4 is 34.2 Å². The van der Waals surface area contributed by atoms with Crippen LogP contribution in [-0.4, -0.2) is 31.2 Å². The summed E-state index contributed by atoms with van der Waals surface area (Å²) in [5, 5.41) is 5.68. The first-order chi connectivity index (χ1) is 8.74. The van der Waals surface area contributed by atoms with E-state index in [0.29, 0.717) is 5.16 Å². The smallest absolute Gasteiger partial charge is 0.227 e. The molecule has 0 aliphatic heterocycles. The van der Waals surface area contributed by atoms with Crippen LogP contribution in [-0.2, 0) is 4.79 Å². The Balaban J connectivity index is 2.11. The second-order valence-corrected chi connectivity index (χ2v) is 4.62. The number of aromatic nitrogens is 4. The molecule has 6 nitrogen and oxygen atoms in total. The molecule has 0 bridgehead atoms. The third kappa shape index (κ3) is 1.88. The van der Waals surface area contributed by atoms with E-state index in [1.54, 1.807) is 10.8 Å². The van der Waals surface area contributed by atoms with Gasteiger partial charge in [-0.25, -0.2) is 14.5 Å². The van der Waals surface area contributed by atoms with Crippen LogP contribution >= 0.6 is 11.8 Å². The number of primary amides is 1. The van der Waals surface area contributed by atoms with Crippen LogP contribution in [0.15, 0.2) is 35.7 Å². The minimum atomic E-state index is -0.387. The van der Waals surface area contributed by atoms with Crippen molar-refractivity contribution in [3.05, 3.63) is 30.6 Å². The summed E-state index contributed by atoms with van der Waals surface area (Å²) in [7, 11) is 0. The van der Waals surface area contributed by atoms with E-state index in [-0.39, 0.29) is 11.7 Å². The van der Waals surface area contributed by atoms with Crippen molar-refractivity contribution in [1.82, 2.24) is 19.6 Å². The zero-order valence-corrected chi connectivity index (χ0v) is 10.1. The second-order valence-electron chi connectivity index (χ2n) is 3.68. The SMILES string of the molecule is NC(=O)CSc1nc2c3ccccc3ncn2n1. The molecular formula is C11H9N5OS. The topological polar surface area (TPSA) is 86.2 Å². The third-order valence-electron chi connectivity index (χ3n) is 2.41. The Labute approximate surface area is 106 Å². The quantitative estimate of drug-likeness (QED) is 0.705. The molecule has 0 radical (unpaired) electrons. The standard InChI is InChI=1S/C11H9N5OS/c12-9(17)5-18-11-14-10-7-3-1-2-4-8(7)13-6-16(10)15-11/h1-4,6H,5H2,(H2,12,17). The maximum Gasteiger partial charge on any atom is 0.227 e. The largest absolute Gasteiger partial charge is 0.369 e. The first-order valence-electron chi connectivity index (χ1n) is 5.25. The highest BCUT2D eigenvalue weighted by Crippen LogP contribution is 2.19. The van der Waals surface area contributed by atoms with E-state index >= 15 is 0 Å². The summed E-state index contributed by atoms with van der Waals surface area (Å²) in [4.78, 5) is 19.4. The fourth-order valence-electron chi connectivity index (χ4n) is 1.66. The lowest BCUT2D eigenvalue weighted by Gasteiger charge is -1.96. The molecule has 3 aromatic rings. The van der Waals surface area contributed by atoms with Crippen molar-refractivity contribution in [2.75, 3.05) is 5.75 Å². The van der Waals surface area contributed by atoms with Crippen molar-refractivity contribution in [3.63, 3.8) is 0 Å². The third-order valence-corrected chi connectivity index (χ3v) is 3.27. The van der Waals surface area contributed by atoms with Crippen molar-refractivity contribution in [1.29, 1.82) is 0 Å². The number of rotatable bonds is 3. The van der Waals surface area contributed by atoms with Crippen LogP contribution < -0.4 is 5.73 Å². The van der Waals surface area contributed by atoms with Gasteiger partial charge in [0.1, 0.15) is 6.33 Å². The van der Waals surface area contributed by atoms with Gasteiger partial charge in [0.2, 0.25) is 11.1 Å². The molecule has 0 saturated carbocycles. The molecule has 0 fully saturated rings. The molecule has 2 N–H and O–H groups in total. The number of hydrogen-bond donors (Lipinski definition) is 1. The Morgan fingerprint density at radius 2 is 2.22 bits per heavy atom. The minimum Gasteiger partial charge on any atom is -0.369 e. The summed E-state index contributed by atoms with van der Waals surface area (Å²) in [5.74, 6) is -0.218. The Morgan fingerprint density at radius 3 is 3.06 bits per heavy atom. The van der Waals surface area contributed by atoms with Crippen molar-refractivity contribution in [2.45, 2.75) is 5.16 Å². The molecule has 3 rings (SSSR count). The summed E-state index contributed by atoms with van der Waals surface area (Å²) >= 11 is 1.22. The van der Waals surface area contributed by atoms with Crippen LogP contribution in [0.1, 0.15) is 0 Å². The summed E-state index contributed by atoms with van der Waals surface area (Å²) in [6.45, 7) is 0. The fourth-order valence-corrected chi connectivity index (χ4v) is 2.22. The minimum absolute atomic E-state index is 0.169. The highest BCUT2D eigenvalue weighted by Gasteiger charge is 2.09. The summed E-state index contributed by atoms with van der Waals surface area (Å²) in [5.41, 5.74) is 6.68. The Kier molecular flexibility index (Phi) is 2.60. The number of nitrogens with two attached hydrogens (primary N) is 1. The van der Waals surface area contributed by atoms with Crippen LogP contribution in [0.5, 0.6) is 0 Å². The number of thioether (sulfide) groups is 1. The highest BCUT2D eigenvalue weighted by atomic mass is 32.2. The molecule has 2 heterocycles. The molecule has 90 valence electrons. The maximum atomic E-state index is 10.7. The van der Waals surface area contributed by atoms with Gasteiger partial charge in [0.15, 0.2) is 5.65 Å². The van der Waals surface area contributed by atoms with Gasteiger partial charge < -0.3 is 5.73 Å². The fraction of sp³-hybridized carbons (Fsp3) is 0.0909. The van der Waals surface area contributed by atoms with Crippen LogP contribution in [0.4, 0.5) is 0 Å². The lowest BCUT2D eigenvalue weighted by molar-refractivity contribution is -0.115. The molecule has 0 aliphatic carbocycles. The van der Waals surface area contributed by atoms with E-state index in [4.69, 9.17) is 5.73 Å². The number of nitrogens with zero attached hydrogens (tertiary/aromatic N) is 4. The molecule has 0 spiro atoms. The summed E-state index contributed by atoms with van der Waals surface area (Å²) in [6.07, 6.45) is 1.61. The van der Waals surface area contributed by atoms with E-state index < -0.39 is 0 Å². The Morgan fingerprint density at radius 1 is 1.39 bits per heavy atom. The zero-order valence-electron chi connectivity index (χ0n) is 9.28. The number of hydrogen-bond acceptors (Lipinski definition) is 5. The normalized spacial score (nSPS) is 11.1. The van der Waals surface area contributed by atoms with Gasteiger partial charge in [-0.2, -0.15) is 0 Å². The predicted octanol–water partition coefficient (Wildman–Crippen LogP) is 0.855. The predicted molar refractivity (Wildman–Crippen MR) is 68.2 cm³/mol. The van der Waals surface area contributed by atoms with Gasteiger partial charge in [-0.15, -0.1) is 5.10 Å². The lowest BCUT2D eigenvalue weighted by Crippen LogP contribution is -2.13. The number of para-hydroxylation sites is 1. The second kappa shape index (κ2) is 4.26. The Hall–Kier alpha value is -2.15. The molecule has 2 aromatic heterocycles. The number of carbonyl (C=O) groups is 1. The van der Waals surface area contributed by atoms with Crippen molar-refractivity contribution in [2.24, 2.45) is 5.73 Å². The molecule has 1 amide bonds. The maximum absolute atomic E-state index is 10.7. The average Bonchev–Trinajstić information content (AvgIpc) is 2.79. The number of carbonyl (C=O) groups excluding carboxylic acids is 1. The number of benzene rings is 1. The van der Waals surface area contributed by atoms with Crippen LogP contribution in [0, 0.1) is 0 Å². The molecule has 0 atom stereocenters. The van der Waals surface area contributed by atoms with Crippen LogP contribution in [0.25, 0.3) is 16.6 Å². The first kappa shape index (κ1) is 11.0. The van der Waals surface area contributed by atoms with Gasteiger partial charge in [0.05, 0.1) is 11.3 Å². The van der Waals surface area contributed by atoms with Gasteiger partial charge in [0.25, 0.3) is 0 Å². The van der Waals surface area contributed by atoms with Crippen LogP contribution in [0.3, 0.4) is 0 Å². The van der Waals surface area contributed by atoms with Gasteiger partial charge in [0, 0.05) is 5.39 Å². The number of amides is 1. The number of fused-ring (bicyclic) bond motifs is 3. The van der Waals surface area contributed by atoms with E-state index in [2.05, 4.69) is 15.1 Å². The summed E-state index contributed by atoms with van der Waals surface area (Å²) in [6, 6.07) is 7.70.